The van der Waals surface area contributed by atoms with Crippen LogP contribution in [0, 0.1) is 12.7 Å². The highest BCUT2D eigenvalue weighted by Gasteiger charge is 2.31. The van der Waals surface area contributed by atoms with Crippen LogP contribution in [0.2, 0.25) is 5.02 Å². The first-order valence-electron chi connectivity index (χ1n) is 11.4. The minimum atomic E-state index is -1.84. The Bertz CT molecular complexity index is 1110. The average Bonchev–Trinajstić information content (AvgIpc) is 3.30. The molecule has 0 radical (unpaired) electrons. The monoisotopic (exact) mass is 521 g/mol. The predicted octanol–water partition coefficient (Wildman–Crippen LogP) is 3.96. The molecule has 0 heterocycles. The van der Waals surface area contributed by atoms with Crippen molar-refractivity contribution < 1.29 is 23.0 Å². The zero-order chi connectivity index (χ0) is 25.5. The third kappa shape index (κ3) is 7.60. The second-order valence-electron chi connectivity index (χ2n) is 8.67. The second kappa shape index (κ2) is 12.3. The van der Waals surface area contributed by atoms with Gasteiger partial charge in [0.2, 0.25) is 17.7 Å². The topological polar surface area (TPSA) is 95.6 Å². The summed E-state index contributed by atoms with van der Waals surface area (Å²) in [4.78, 5) is 39.6. The van der Waals surface area contributed by atoms with Crippen LogP contribution in [0.4, 0.5) is 15.8 Å². The van der Waals surface area contributed by atoms with Crippen LogP contribution in [0.25, 0.3) is 0 Å². The molecule has 2 aromatic rings. The summed E-state index contributed by atoms with van der Waals surface area (Å²) in [5.41, 5.74) is 1.80. The van der Waals surface area contributed by atoms with Crippen LogP contribution >= 0.6 is 11.6 Å². The maximum Gasteiger partial charge on any atom is 0.243 e. The number of aryl methyl sites for hydroxylation is 1. The summed E-state index contributed by atoms with van der Waals surface area (Å²) < 4.78 is 26.4. The molecule has 1 aliphatic rings. The number of nitrogens with one attached hydrogen (secondary N) is 2. The second-order valence-corrected chi connectivity index (χ2v) is 10.5. The average molecular weight is 522 g/mol. The molecule has 2 atom stereocenters. The van der Waals surface area contributed by atoms with Gasteiger partial charge in [-0.05, 0) is 57.0 Å². The van der Waals surface area contributed by atoms with Crippen molar-refractivity contribution in [1.82, 2.24) is 5.32 Å². The van der Waals surface area contributed by atoms with Crippen LogP contribution in [-0.4, -0.2) is 45.5 Å². The van der Waals surface area contributed by atoms with Gasteiger partial charge in [0, 0.05) is 28.2 Å². The van der Waals surface area contributed by atoms with E-state index >= 15 is 0 Å². The lowest BCUT2D eigenvalue weighted by Crippen LogP contribution is -2.51. The van der Waals surface area contributed by atoms with E-state index in [9.17, 15) is 23.0 Å². The number of benzene rings is 2. The molecule has 3 rings (SSSR count). The fourth-order valence-corrected chi connectivity index (χ4v) is 5.02. The number of nitrogens with zero attached hydrogens (tertiary/aromatic N) is 1. The highest BCUT2D eigenvalue weighted by molar-refractivity contribution is 7.86. The lowest BCUT2D eigenvalue weighted by molar-refractivity contribution is -0.125. The number of carbonyl (C=O) groups is 3. The number of halogens is 2. The molecular formula is C25H29ClFN3O4S. The van der Waals surface area contributed by atoms with Gasteiger partial charge in [0.15, 0.2) is 0 Å². The minimum absolute atomic E-state index is 0.0401. The zero-order valence-corrected chi connectivity index (χ0v) is 21.3. The van der Waals surface area contributed by atoms with E-state index in [-0.39, 0.29) is 28.4 Å². The van der Waals surface area contributed by atoms with Gasteiger partial charge in [-0.2, -0.15) is 0 Å². The summed E-state index contributed by atoms with van der Waals surface area (Å²) in [5, 5.41) is 5.39. The molecule has 7 nitrogen and oxygen atoms in total. The predicted molar refractivity (Wildman–Crippen MR) is 136 cm³/mol. The molecule has 0 saturated heterocycles. The van der Waals surface area contributed by atoms with E-state index in [0.29, 0.717) is 5.69 Å². The smallest absolute Gasteiger partial charge is 0.243 e. The third-order valence-corrected chi connectivity index (χ3v) is 7.27. The van der Waals surface area contributed by atoms with Gasteiger partial charge in [-0.25, -0.2) is 4.39 Å². The van der Waals surface area contributed by atoms with Crippen LogP contribution in [0.5, 0.6) is 0 Å². The van der Waals surface area contributed by atoms with E-state index < -0.39 is 40.2 Å². The maximum atomic E-state index is 13.7. The Morgan fingerprint density at radius 3 is 2.40 bits per heavy atom. The van der Waals surface area contributed by atoms with Crippen molar-refractivity contribution in [2.24, 2.45) is 0 Å². The highest BCUT2D eigenvalue weighted by atomic mass is 35.5. The van der Waals surface area contributed by atoms with E-state index in [1.54, 1.807) is 19.1 Å². The van der Waals surface area contributed by atoms with Gasteiger partial charge >= 0.3 is 0 Å². The maximum absolute atomic E-state index is 13.7. The van der Waals surface area contributed by atoms with Gasteiger partial charge in [0.05, 0.1) is 5.02 Å². The van der Waals surface area contributed by atoms with E-state index in [1.807, 2.05) is 19.1 Å². The Morgan fingerprint density at radius 1 is 1.11 bits per heavy atom. The first kappa shape index (κ1) is 26.8. The molecule has 1 fully saturated rings. The molecule has 0 bridgehead atoms. The number of amides is 3. The van der Waals surface area contributed by atoms with Gasteiger partial charge in [-0.15, -0.1) is 0 Å². The zero-order valence-electron chi connectivity index (χ0n) is 19.7. The largest absolute Gasteiger partial charge is 0.352 e. The van der Waals surface area contributed by atoms with E-state index in [1.165, 1.54) is 12.1 Å². The molecule has 0 aliphatic heterocycles. The quantitative estimate of drug-likeness (QED) is 0.522. The number of rotatable bonds is 9. The van der Waals surface area contributed by atoms with Crippen LogP contribution in [0.1, 0.15) is 38.2 Å². The summed E-state index contributed by atoms with van der Waals surface area (Å²) in [7, 11) is -1.84. The first-order chi connectivity index (χ1) is 16.6. The Morgan fingerprint density at radius 2 is 1.77 bits per heavy atom. The molecule has 1 saturated carbocycles. The number of anilines is 2. The van der Waals surface area contributed by atoms with Crippen molar-refractivity contribution >= 4 is 51.5 Å². The van der Waals surface area contributed by atoms with Gasteiger partial charge in [-0.1, -0.05) is 42.1 Å². The first-order valence-corrected chi connectivity index (χ1v) is 13.3. The molecule has 2 N–H and O–H groups in total. The molecule has 0 aromatic heterocycles. The van der Waals surface area contributed by atoms with Crippen molar-refractivity contribution in [3.05, 3.63) is 58.9 Å². The van der Waals surface area contributed by atoms with E-state index in [0.717, 1.165) is 42.2 Å². The summed E-state index contributed by atoms with van der Waals surface area (Å²) >= 11 is 5.92. The number of hydrogen-bond donors (Lipinski definition) is 2. The molecule has 0 unspecified atom stereocenters. The third-order valence-electron chi connectivity index (χ3n) is 5.83. The number of hydrogen-bond acceptors (Lipinski definition) is 4. The fraction of sp³-hybridized carbons (Fsp3) is 0.400. The molecule has 0 spiro atoms. The van der Waals surface area contributed by atoms with Crippen LogP contribution in [0.15, 0.2) is 42.5 Å². The van der Waals surface area contributed by atoms with Gasteiger partial charge < -0.3 is 10.6 Å². The van der Waals surface area contributed by atoms with Crippen molar-refractivity contribution in [1.29, 1.82) is 0 Å². The van der Waals surface area contributed by atoms with Crippen molar-refractivity contribution in [3.8, 4) is 0 Å². The van der Waals surface area contributed by atoms with Crippen molar-refractivity contribution in [2.75, 3.05) is 21.7 Å². The Balaban J connectivity index is 1.70. The Labute approximate surface area is 211 Å². The molecule has 188 valence electrons. The van der Waals surface area contributed by atoms with Gasteiger partial charge in [0.25, 0.3) is 0 Å². The van der Waals surface area contributed by atoms with Crippen molar-refractivity contribution in [2.45, 2.75) is 51.6 Å². The molecule has 3 amide bonds. The van der Waals surface area contributed by atoms with Crippen LogP contribution in [-0.2, 0) is 25.2 Å². The molecule has 2 aromatic carbocycles. The lowest BCUT2D eigenvalue weighted by atomic mass is 10.1. The standard InChI is InChI=1S/C25H29ClFN3O4S/c1-16-7-9-19(10-8-16)28-23(31)14-35(34)15-24(32)30(20-11-12-22(27)21(26)13-20)17(2)25(33)29-18-5-3-4-6-18/h7-13,17-18H,3-6,14-15H2,1-2H3,(H,28,31)(H,29,33)/t17-,35-/m0/s1. The molecular weight excluding hydrogens is 493 g/mol. The fourth-order valence-electron chi connectivity index (χ4n) is 3.97. The molecule has 35 heavy (non-hydrogen) atoms. The van der Waals surface area contributed by atoms with Gasteiger partial charge in [0.1, 0.15) is 23.4 Å². The lowest BCUT2D eigenvalue weighted by Gasteiger charge is -2.29. The van der Waals surface area contributed by atoms with Crippen molar-refractivity contribution in [3.63, 3.8) is 0 Å². The van der Waals surface area contributed by atoms with Gasteiger partial charge in [-0.3, -0.25) is 23.5 Å². The molecule has 1 aliphatic carbocycles. The summed E-state index contributed by atoms with van der Waals surface area (Å²) in [6, 6.07) is 9.90. The normalized spacial score (nSPS) is 15.3. The number of carbonyl (C=O) groups excluding carboxylic acids is 3. The Hall–Kier alpha value is -2.78. The summed E-state index contributed by atoms with van der Waals surface area (Å²) in [6.45, 7) is 3.47. The summed E-state index contributed by atoms with van der Waals surface area (Å²) in [6.07, 6.45) is 3.79. The molecule has 10 heteroatoms. The summed E-state index contributed by atoms with van der Waals surface area (Å²) in [5.74, 6) is -3.04. The Kier molecular flexibility index (Phi) is 9.40. The van der Waals surface area contributed by atoms with Crippen LogP contribution < -0.4 is 15.5 Å². The minimum Gasteiger partial charge on any atom is -0.352 e. The highest BCUT2D eigenvalue weighted by Crippen LogP contribution is 2.25. The van der Waals surface area contributed by atoms with Crippen LogP contribution in [0.3, 0.4) is 0 Å². The van der Waals surface area contributed by atoms with E-state index in [2.05, 4.69) is 10.6 Å². The SMILES string of the molecule is Cc1ccc(NC(=O)C[S@](=O)CC(=O)N(c2ccc(F)c(Cl)c2)[C@@H](C)C(=O)NC2CCCC2)cc1. The van der Waals surface area contributed by atoms with E-state index in [4.69, 9.17) is 11.6 Å².